The van der Waals surface area contributed by atoms with E-state index in [2.05, 4.69) is 34.6 Å². The van der Waals surface area contributed by atoms with Gasteiger partial charge in [0.25, 0.3) is 0 Å². The molecule has 1 N–H and O–H groups in total. The number of aliphatic hydroxyl groups excluding tert-OH is 1. The normalized spacial score (nSPS) is 30.7. The van der Waals surface area contributed by atoms with Gasteiger partial charge in [0.1, 0.15) is 11.5 Å². The van der Waals surface area contributed by atoms with E-state index >= 15 is 0 Å². The zero-order chi connectivity index (χ0) is 32.4. The SMILES string of the molecule is CCC(CC(CC(C)C1CCC(C(C)(C)C)CC1)C1CCC(O)CC1)C1CCC(OC(C)OCCOC(=O)c2cccs2)CC1. The van der Waals surface area contributed by atoms with Gasteiger partial charge in [0, 0.05) is 0 Å². The van der Waals surface area contributed by atoms with E-state index in [9.17, 15) is 9.90 Å². The number of carbonyl (C=O) groups excluding carboxylic acids is 1. The smallest absolute Gasteiger partial charge is 0.348 e. The quantitative estimate of drug-likeness (QED) is 0.117. The van der Waals surface area contributed by atoms with Gasteiger partial charge in [0.2, 0.25) is 0 Å². The maximum absolute atomic E-state index is 12.0. The van der Waals surface area contributed by atoms with Crippen LogP contribution in [0.25, 0.3) is 0 Å². The molecule has 3 saturated carbocycles. The molecule has 4 unspecified atom stereocenters. The lowest BCUT2D eigenvalue weighted by atomic mass is 9.64. The largest absolute Gasteiger partial charge is 0.459 e. The van der Waals surface area contributed by atoms with E-state index in [0.29, 0.717) is 16.9 Å². The molecule has 6 heteroatoms. The number of rotatable bonds is 15. The molecule has 3 aliphatic carbocycles. The van der Waals surface area contributed by atoms with Crippen molar-refractivity contribution in [2.45, 2.75) is 156 Å². The topological polar surface area (TPSA) is 65.0 Å². The van der Waals surface area contributed by atoms with Crippen LogP contribution in [0.4, 0.5) is 0 Å². The van der Waals surface area contributed by atoms with Crippen LogP contribution in [0.15, 0.2) is 17.5 Å². The Morgan fingerprint density at radius 3 is 2.09 bits per heavy atom. The fraction of sp³-hybridized carbons (Fsp3) is 0.872. The molecule has 4 rings (SSSR count). The molecule has 0 spiro atoms. The van der Waals surface area contributed by atoms with Crippen molar-refractivity contribution in [1.82, 2.24) is 0 Å². The maximum Gasteiger partial charge on any atom is 0.348 e. The standard InChI is InChI=1S/C39H66O5S/c1-7-29(31-14-20-36(21-15-31)44-28(3)42-22-23-43-38(41)37-9-8-24-45-37)26-33(32-12-18-35(40)19-13-32)25-27(2)30-10-16-34(17-11-30)39(4,5)6/h8-9,24,27-36,40H,7,10-23,25-26H2,1-6H3. The Hall–Kier alpha value is -0.950. The highest BCUT2D eigenvalue weighted by molar-refractivity contribution is 7.11. The van der Waals surface area contributed by atoms with Crippen LogP contribution in [-0.4, -0.2) is 42.8 Å². The van der Waals surface area contributed by atoms with Gasteiger partial charge >= 0.3 is 5.97 Å². The Balaban J connectivity index is 1.22. The number of ether oxygens (including phenoxy) is 3. The summed E-state index contributed by atoms with van der Waals surface area (Å²) in [6.45, 7) is 14.9. The summed E-state index contributed by atoms with van der Waals surface area (Å²) in [5, 5.41) is 12.2. The second-order valence-corrected chi connectivity index (χ2v) is 17.1. The Morgan fingerprint density at radius 1 is 0.867 bits per heavy atom. The van der Waals surface area contributed by atoms with E-state index in [4.69, 9.17) is 14.2 Å². The van der Waals surface area contributed by atoms with Crippen molar-refractivity contribution in [1.29, 1.82) is 0 Å². The van der Waals surface area contributed by atoms with Gasteiger partial charge in [0.15, 0.2) is 6.29 Å². The third-order valence-corrected chi connectivity index (χ3v) is 13.0. The molecule has 0 amide bonds. The van der Waals surface area contributed by atoms with Crippen LogP contribution < -0.4 is 0 Å². The van der Waals surface area contributed by atoms with Crippen LogP contribution in [0.2, 0.25) is 0 Å². The average molecular weight is 647 g/mol. The third kappa shape index (κ3) is 11.6. The summed E-state index contributed by atoms with van der Waals surface area (Å²) in [6, 6.07) is 3.63. The highest BCUT2D eigenvalue weighted by Gasteiger charge is 2.36. The van der Waals surface area contributed by atoms with Crippen molar-refractivity contribution in [2.24, 2.45) is 46.8 Å². The second-order valence-electron chi connectivity index (χ2n) is 16.1. The molecule has 1 aromatic rings. The molecule has 1 heterocycles. The minimum absolute atomic E-state index is 0.0723. The zero-order valence-electron chi connectivity index (χ0n) is 29.5. The van der Waals surface area contributed by atoms with Crippen LogP contribution in [-0.2, 0) is 14.2 Å². The fourth-order valence-electron chi connectivity index (χ4n) is 9.18. The minimum atomic E-state index is -0.292. The van der Waals surface area contributed by atoms with Gasteiger partial charge in [-0.3, -0.25) is 0 Å². The van der Waals surface area contributed by atoms with Crippen molar-refractivity contribution in [3.05, 3.63) is 22.4 Å². The van der Waals surface area contributed by atoms with E-state index in [0.717, 1.165) is 67.1 Å². The Bertz CT molecular complexity index is 949. The summed E-state index contributed by atoms with van der Waals surface area (Å²) >= 11 is 1.39. The molecule has 3 aliphatic rings. The molecule has 3 fully saturated rings. The lowest BCUT2D eigenvalue weighted by molar-refractivity contribution is -0.172. The molecule has 5 nitrogen and oxygen atoms in total. The molecule has 0 bridgehead atoms. The molecule has 4 atom stereocenters. The first-order valence-electron chi connectivity index (χ1n) is 18.7. The zero-order valence-corrected chi connectivity index (χ0v) is 30.3. The van der Waals surface area contributed by atoms with Crippen molar-refractivity contribution in [2.75, 3.05) is 13.2 Å². The summed E-state index contributed by atoms with van der Waals surface area (Å²) in [7, 11) is 0. The predicted octanol–water partition coefficient (Wildman–Crippen LogP) is 10.3. The van der Waals surface area contributed by atoms with Crippen LogP contribution >= 0.6 is 11.3 Å². The van der Waals surface area contributed by atoms with E-state index in [1.165, 1.54) is 82.0 Å². The monoisotopic (exact) mass is 646 g/mol. The van der Waals surface area contributed by atoms with Crippen LogP contribution in [0, 0.1) is 46.8 Å². The fourth-order valence-corrected chi connectivity index (χ4v) is 9.80. The second kappa shape index (κ2) is 18.0. The number of carbonyl (C=O) groups is 1. The number of hydrogen-bond donors (Lipinski definition) is 1. The first-order valence-corrected chi connectivity index (χ1v) is 19.6. The van der Waals surface area contributed by atoms with Gasteiger partial charge in [-0.25, -0.2) is 4.79 Å². The van der Waals surface area contributed by atoms with E-state index in [1.807, 2.05) is 18.4 Å². The average Bonchev–Trinajstić information content (AvgIpc) is 3.57. The lowest BCUT2D eigenvalue weighted by Crippen LogP contribution is -2.33. The van der Waals surface area contributed by atoms with Gasteiger partial charge in [-0.2, -0.15) is 0 Å². The molecule has 0 aromatic carbocycles. The van der Waals surface area contributed by atoms with Crippen molar-refractivity contribution >= 4 is 17.3 Å². The van der Waals surface area contributed by atoms with Crippen LogP contribution in [0.5, 0.6) is 0 Å². The van der Waals surface area contributed by atoms with Crippen LogP contribution in [0.3, 0.4) is 0 Å². The van der Waals surface area contributed by atoms with E-state index in [1.54, 1.807) is 6.07 Å². The van der Waals surface area contributed by atoms with Crippen molar-refractivity contribution < 1.29 is 24.1 Å². The highest BCUT2D eigenvalue weighted by atomic mass is 32.1. The van der Waals surface area contributed by atoms with Gasteiger partial charge in [0.05, 0.1) is 18.8 Å². The lowest BCUT2D eigenvalue weighted by Gasteiger charge is -2.42. The minimum Gasteiger partial charge on any atom is -0.459 e. The van der Waals surface area contributed by atoms with Gasteiger partial charge in [-0.05, 0) is 155 Å². The summed E-state index contributed by atoms with van der Waals surface area (Å²) in [5.41, 5.74) is 0.448. The Labute approximate surface area is 279 Å². The number of hydrogen-bond acceptors (Lipinski definition) is 6. The third-order valence-electron chi connectivity index (χ3n) is 12.2. The molecule has 0 saturated heterocycles. The summed E-state index contributed by atoms with van der Waals surface area (Å²) in [6.07, 6.45) is 18.7. The molecule has 0 aliphatic heterocycles. The van der Waals surface area contributed by atoms with E-state index < -0.39 is 0 Å². The molecular formula is C39H66O5S. The first-order chi connectivity index (χ1) is 21.5. The highest BCUT2D eigenvalue weighted by Crippen LogP contribution is 2.46. The maximum atomic E-state index is 12.0. The molecule has 258 valence electrons. The van der Waals surface area contributed by atoms with Gasteiger partial charge in [-0.1, -0.05) is 47.1 Å². The molecule has 1 aromatic heterocycles. The first kappa shape index (κ1) is 36.9. The molecule has 0 radical (unpaired) electrons. The van der Waals surface area contributed by atoms with Crippen LogP contribution in [0.1, 0.15) is 148 Å². The number of thiophene rings is 1. The molecule has 45 heavy (non-hydrogen) atoms. The van der Waals surface area contributed by atoms with Gasteiger partial charge in [-0.15, -0.1) is 11.3 Å². The number of esters is 1. The summed E-state index contributed by atoms with van der Waals surface area (Å²) in [4.78, 5) is 12.6. The summed E-state index contributed by atoms with van der Waals surface area (Å²) < 4.78 is 17.4. The van der Waals surface area contributed by atoms with Crippen molar-refractivity contribution in [3.8, 4) is 0 Å². The van der Waals surface area contributed by atoms with Crippen molar-refractivity contribution in [3.63, 3.8) is 0 Å². The number of aliphatic hydroxyl groups is 1. The Kier molecular flexibility index (Phi) is 14.7. The summed E-state index contributed by atoms with van der Waals surface area (Å²) in [5.74, 6) is 5.47. The predicted molar refractivity (Wildman–Crippen MR) is 185 cm³/mol. The Morgan fingerprint density at radius 2 is 1.49 bits per heavy atom. The van der Waals surface area contributed by atoms with E-state index in [-0.39, 0.29) is 31.1 Å². The van der Waals surface area contributed by atoms with Gasteiger partial charge < -0.3 is 19.3 Å². The molecular weight excluding hydrogens is 580 g/mol.